The van der Waals surface area contributed by atoms with E-state index >= 15 is 0 Å². The number of ether oxygens (including phenoxy) is 1. The Hall–Kier alpha value is -2.80. The summed E-state index contributed by atoms with van der Waals surface area (Å²) in [6.45, 7) is 11.2. The van der Waals surface area contributed by atoms with Gasteiger partial charge in [0.2, 0.25) is 0 Å². The lowest BCUT2D eigenvalue weighted by Gasteiger charge is -2.27. The molecule has 0 radical (unpaired) electrons. The van der Waals surface area contributed by atoms with Crippen molar-refractivity contribution in [3.05, 3.63) is 88.1 Å². The molecule has 3 heteroatoms. The molecule has 0 amide bonds. The lowest BCUT2D eigenvalue weighted by molar-refractivity contribution is 0.229. The Morgan fingerprint density at radius 2 is 2.00 bits per heavy atom. The van der Waals surface area contributed by atoms with Gasteiger partial charge in [0.25, 0.3) is 0 Å². The normalized spacial score (nSPS) is 15.4. The smallest absolute Gasteiger partial charge is 0.120 e. The largest absolute Gasteiger partial charge is 0.489 e. The van der Waals surface area contributed by atoms with Gasteiger partial charge in [0.15, 0.2) is 0 Å². The second-order valence-corrected chi connectivity index (χ2v) is 10.7. The predicted molar refractivity (Wildman–Crippen MR) is 145 cm³/mol. The van der Waals surface area contributed by atoms with Gasteiger partial charge in [-0.3, -0.25) is 4.90 Å². The molecule has 0 fully saturated rings. The van der Waals surface area contributed by atoms with E-state index < -0.39 is 0 Å². The van der Waals surface area contributed by atoms with Crippen LogP contribution in [0.25, 0.3) is 11.1 Å². The van der Waals surface area contributed by atoms with Crippen molar-refractivity contribution in [2.24, 2.45) is 5.41 Å². The summed E-state index contributed by atoms with van der Waals surface area (Å²) in [5, 5.41) is 4.31. The molecule has 3 aromatic rings. The first kappa shape index (κ1) is 24.3. The topological polar surface area (TPSA) is 12.5 Å². The van der Waals surface area contributed by atoms with Crippen LogP contribution in [0.4, 0.5) is 0 Å². The fourth-order valence-corrected chi connectivity index (χ4v) is 5.11. The molecule has 0 saturated heterocycles. The molecule has 1 unspecified atom stereocenters. The van der Waals surface area contributed by atoms with Crippen LogP contribution < -0.4 is 4.74 Å². The average molecular weight is 470 g/mol. The van der Waals surface area contributed by atoms with Gasteiger partial charge in [-0.05, 0) is 109 Å². The number of rotatable bonds is 8. The summed E-state index contributed by atoms with van der Waals surface area (Å²) in [6, 6.07) is 17.9. The van der Waals surface area contributed by atoms with Crippen LogP contribution in [0.15, 0.2) is 71.4 Å². The first-order valence-corrected chi connectivity index (χ1v) is 13.2. The van der Waals surface area contributed by atoms with Gasteiger partial charge in [0.05, 0.1) is 0 Å². The van der Waals surface area contributed by atoms with E-state index in [1.807, 2.05) is 6.08 Å². The van der Waals surface area contributed by atoms with Gasteiger partial charge in [0, 0.05) is 18.0 Å². The maximum atomic E-state index is 6.25. The molecule has 4 rings (SSSR count). The van der Waals surface area contributed by atoms with E-state index in [0.29, 0.717) is 12.6 Å². The molecule has 2 aromatic carbocycles. The molecule has 0 N–H and O–H groups in total. The third-order valence-electron chi connectivity index (χ3n) is 6.19. The first-order chi connectivity index (χ1) is 16.4. The zero-order valence-corrected chi connectivity index (χ0v) is 21.6. The van der Waals surface area contributed by atoms with Gasteiger partial charge in [-0.2, -0.15) is 11.3 Å². The Morgan fingerprint density at radius 3 is 2.76 bits per heavy atom. The molecular weight excluding hydrogens is 434 g/mol. The lowest BCUT2D eigenvalue weighted by Crippen LogP contribution is -2.27. The number of benzene rings is 2. The van der Waals surface area contributed by atoms with Crippen LogP contribution >= 0.6 is 11.3 Å². The van der Waals surface area contributed by atoms with E-state index in [0.717, 1.165) is 31.7 Å². The van der Waals surface area contributed by atoms with E-state index in [1.54, 1.807) is 11.3 Å². The Morgan fingerprint density at radius 1 is 1.12 bits per heavy atom. The maximum absolute atomic E-state index is 6.25. The fraction of sp³-hybridized carbons (Fsp3) is 0.355. The van der Waals surface area contributed by atoms with E-state index in [-0.39, 0.29) is 5.41 Å². The first-order valence-electron chi connectivity index (χ1n) is 12.2. The van der Waals surface area contributed by atoms with Crippen LogP contribution in [0.1, 0.15) is 56.8 Å². The Kier molecular flexibility index (Phi) is 7.93. The third-order valence-corrected chi connectivity index (χ3v) is 6.87. The molecular formula is C31H35NOS. The number of thiophene rings is 1. The van der Waals surface area contributed by atoms with Crippen molar-refractivity contribution in [2.45, 2.75) is 53.2 Å². The average Bonchev–Trinajstić information content (AvgIpc) is 3.50. The van der Waals surface area contributed by atoms with Crippen LogP contribution in [0.3, 0.4) is 0 Å². The van der Waals surface area contributed by atoms with Gasteiger partial charge in [-0.15, -0.1) is 0 Å². The number of aryl methyl sites for hydroxylation is 1. The summed E-state index contributed by atoms with van der Waals surface area (Å²) >= 11 is 1.73. The Balaban J connectivity index is 1.42. The summed E-state index contributed by atoms with van der Waals surface area (Å²) in [5.74, 6) is 7.42. The molecule has 0 spiro atoms. The van der Waals surface area contributed by atoms with Crippen molar-refractivity contribution in [1.29, 1.82) is 0 Å². The number of hydrogen-bond donors (Lipinski definition) is 0. The molecule has 1 atom stereocenters. The molecule has 0 bridgehead atoms. The standard InChI is InChI=1S/C31H35NOS/c1-5-32(18-8-6-7-17-31(2,3)4)30-15-13-25-12-14-28(21-29(25)30)33-22-24-10-9-11-26(20-24)27-16-19-34-23-27/h6,8-12,14,16,19-21,23,30H,5,13,15,18,22H2,1-4H3/b8-6+. The minimum atomic E-state index is 0.0425. The number of likely N-dealkylation sites (N-methyl/N-ethyl adjacent to an activating group) is 1. The molecule has 0 saturated carbocycles. The number of fused-ring (bicyclic) bond motifs is 1. The molecule has 1 aromatic heterocycles. The second kappa shape index (κ2) is 11.1. The van der Waals surface area contributed by atoms with Crippen LogP contribution in [-0.2, 0) is 13.0 Å². The fourth-order valence-electron chi connectivity index (χ4n) is 4.45. The monoisotopic (exact) mass is 469 g/mol. The molecule has 1 aliphatic carbocycles. The second-order valence-electron chi connectivity index (χ2n) is 9.93. The van der Waals surface area contributed by atoms with Gasteiger partial charge in [-0.1, -0.05) is 49.1 Å². The van der Waals surface area contributed by atoms with E-state index in [4.69, 9.17) is 4.74 Å². The van der Waals surface area contributed by atoms with Crippen molar-refractivity contribution in [2.75, 3.05) is 13.1 Å². The highest BCUT2D eigenvalue weighted by Crippen LogP contribution is 2.38. The summed E-state index contributed by atoms with van der Waals surface area (Å²) in [7, 11) is 0. The van der Waals surface area contributed by atoms with Crippen molar-refractivity contribution in [3.63, 3.8) is 0 Å². The van der Waals surface area contributed by atoms with Gasteiger partial charge in [0.1, 0.15) is 12.4 Å². The minimum absolute atomic E-state index is 0.0425. The highest BCUT2D eigenvalue weighted by molar-refractivity contribution is 7.08. The minimum Gasteiger partial charge on any atom is -0.489 e. The molecule has 34 heavy (non-hydrogen) atoms. The van der Waals surface area contributed by atoms with Crippen molar-refractivity contribution < 1.29 is 4.74 Å². The van der Waals surface area contributed by atoms with E-state index in [2.05, 4.69) is 110 Å². The number of nitrogens with zero attached hydrogens (tertiary/aromatic N) is 1. The summed E-state index contributed by atoms with van der Waals surface area (Å²) in [5.41, 5.74) is 6.62. The van der Waals surface area contributed by atoms with E-state index in [9.17, 15) is 0 Å². The van der Waals surface area contributed by atoms with Gasteiger partial charge in [-0.25, -0.2) is 0 Å². The predicted octanol–water partition coefficient (Wildman–Crippen LogP) is 7.91. The summed E-state index contributed by atoms with van der Waals surface area (Å²) in [6.07, 6.45) is 6.50. The lowest BCUT2D eigenvalue weighted by atomic mass is 9.98. The van der Waals surface area contributed by atoms with Gasteiger partial charge >= 0.3 is 0 Å². The van der Waals surface area contributed by atoms with Crippen LogP contribution in [0, 0.1) is 17.3 Å². The molecule has 176 valence electrons. The van der Waals surface area contributed by atoms with Crippen LogP contribution in [-0.4, -0.2) is 18.0 Å². The van der Waals surface area contributed by atoms with Crippen LogP contribution in [0.2, 0.25) is 0 Å². The van der Waals surface area contributed by atoms with Crippen molar-refractivity contribution in [1.82, 2.24) is 4.90 Å². The quantitative estimate of drug-likeness (QED) is 0.311. The SMILES string of the molecule is CCN(C/C=C/C#CC(C)(C)C)C1CCc2ccc(OCc3cccc(-c4ccsc4)c3)cc21. The number of allylic oxidation sites excluding steroid dienone is 1. The molecule has 1 heterocycles. The zero-order valence-electron chi connectivity index (χ0n) is 20.8. The van der Waals surface area contributed by atoms with Crippen LogP contribution in [0.5, 0.6) is 5.75 Å². The molecule has 1 aliphatic rings. The van der Waals surface area contributed by atoms with Crippen molar-refractivity contribution >= 4 is 11.3 Å². The Labute approximate surface area is 209 Å². The molecule has 0 aliphatic heterocycles. The third kappa shape index (κ3) is 6.41. The number of hydrogen-bond acceptors (Lipinski definition) is 3. The zero-order chi connectivity index (χ0) is 24.0. The van der Waals surface area contributed by atoms with Crippen molar-refractivity contribution in [3.8, 4) is 28.7 Å². The Bertz CT molecular complexity index is 1170. The van der Waals surface area contributed by atoms with E-state index in [1.165, 1.54) is 27.8 Å². The summed E-state index contributed by atoms with van der Waals surface area (Å²) in [4.78, 5) is 2.54. The summed E-state index contributed by atoms with van der Waals surface area (Å²) < 4.78 is 6.25. The maximum Gasteiger partial charge on any atom is 0.120 e. The van der Waals surface area contributed by atoms with Gasteiger partial charge < -0.3 is 4.74 Å². The highest BCUT2D eigenvalue weighted by atomic mass is 32.1. The molecule has 2 nitrogen and oxygen atoms in total. The highest BCUT2D eigenvalue weighted by Gasteiger charge is 2.27.